The SMILES string of the molecule is C/C=C/CCc1c(F)cc(OC(=O)C2CCC(C3CCC4CC(CCCCCCC)CCC4C3)CC2)cc1F. The van der Waals surface area contributed by atoms with Gasteiger partial charge in [-0.25, -0.2) is 8.78 Å². The molecule has 3 aliphatic rings. The number of ether oxygens (including phenoxy) is 1. The highest BCUT2D eigenvalue weighted by molar-refractivity contribution is 5.75. The van der Waals surface area contributed by atoms with Crippen molar-refractivity contribution in [1.82, 2.24) is 0 Å². The van der Waals surface area contributed by atoms with E-state index in [4.69, 9.17) is 4.74 Å². The van der Waals surface area contributed by atoms with Crippen LogP contribution >= 0.6 is 0 Å². The van der Waals surface area contributed by atoms with Crippen LogP contribution in [0.1, 0.15) is 129 Å². The smallest absolute Gasteiger partial charge is 0.314 e. The first-order valence-electron chi connectivity index (χ1n) is 16.3. The molecule has 3 fully saturated rings. The quantitative estimate of drug-likeness (QED) is 0.114. The summed E-state index contributed by atoms with van der Waals surface area (Å²) in [6.45, 7) is 4.17. The van der Waals surface area contributed by atoms with Gasteiger partial charge in [-0.2, -0.15) is 0 Å². The molecule has 0 bridgehead atoms. The summed E-state index contributed by atoms with van der Waals surface area (Å²) in [5, 5.41) is 0. The minimum absolute atomic E-state index is 0.0122. The Kier molecular flexibility index (Phi) is 11.9. The predicted octanol–water partition coefficient (Wildman–Crippen LogP) is 10.4. The number of halogens is 2. The fourth-order valence-corrected chi connectivity index (χ4v) is 8.05. The van der Waals surface area contributed by atoms with Crippen LogP contribution in [-0.4, -0.2) is 5.97 Å². The minimum atomic E-state index is -0.636. The number of fused-ring (bicyclic) bond motifs is 1. The highest BCUT2D eigenvalue weighted by Gasteiger charge is 2.39. The van der Waals surface area contributed by atoms with Gasteiger partial charge in [0.2, 0.25) is 0 Å². The molecule has 218 valence electrons. The van der Waals surface area contributed by atoms with Gasteiger partial charge in [0.25, 0.3) is 0 Å². The lowest BCUT2D eigenvalue weighted by Crippen LogP contribution is -2.35. The maximum Gasteiger partial charge on any atom is 0.314 e. The van der Waals surface area contributed by atoms with Crippen molar-refractivity contribution in [1.29, 1.82) is 0 Å². The zero-order chi connectivity index (χ0) is 27.6. The molecule has 0 spiro atoms. The van der Waals surface area contributed by atoms with Crippen molar-refractivity contribution >= 4 is 5.97 Å². The molecule has 4 unspecified atom stereocenters. The van der Waals surface area contributed by atoms with Crippen molar-refractivity contribution in [2.75, 3.05) is 0 Å². The molecule has 4 atom stereocenters. The Bertz CT molecular complexity index is 910. The average Bonchev–Trinajstić information content (AvgIpc) is 2.94. The average molecular weight is 543 g/mol. The van der Waals surface area contributed by atoms with Gasteiger partial charge in [-0.1, -0.05) is 64.0 Å². The Hall–Kier alpha value is -1.71. The molecule has 0 aromatic heterocycles. The molecule has 3 aliphatic carbocycles. The highest BCUT2D eigenvalue weighted by Crippen LogP contribution is 2.49. The number of carbonyl (C=O) groups excluding carboxylic acids is 1. The van der Waals surface area contributed by atoms with Gasteiger partial charge in [0, 0.05) is 17.7 Å². The lowest BCUT2D eigenvalue weighted by Gasteiger charge is -2.45. The Morgan fingerprint density at radius 3 is 2.15 bits per heavy atom. The number of carbonyl (C=O) groups is 1. The van der Waals surface area contributed by atoms with Gasteiger partial charge in [0.15, 0.2) is 0 Å². The molecular formula is C35H52F2O2. The molecule has 1 aromatic rings. The first-order valence-corrected chi connectivity index (χ1v) is 16.3. The van der Waals surface area contributed by atoms with E-state index < -0.39 is 11.6 Å². The molecule has 4 rings (SSSR count). The lowest BCUT2D eigenvalue weighted by atomic mass is 9.60. The summed E-state index contributed by atoms with van der Waals surface area (Å²) in [5.41, 5.74) is 0.0547. The standard InChI is InChI=1S/C35H52F2O2/c1-3-5-7-8-10-11-25-13-14-30-22-29(20-19-28(30)21-25)26-15-17-27(18-16-26)35(38)39-31-23-33(36)32(34(37)24-31)12-9-6-4-2/h4,6,23-30H,3,5,7-22H2,1-2H3/b6-4+. The van der Waals surface area contributed by atoms with Gasteiger partial charge in [-0.05, 0) is 107 Å². The second kappa shape index (κ2) is 15.3. The van der Waals surface area contributed by atoms with E-state index in [9.17, 15) is 13.6 Å². The molecule has 0 amide bonds. The van der Waals surface area contributed by atoms with Crippen LogP contribution in [0.25, 0.3) is 0 Å². The first-order chi connectivity index (χ1) is 19.0. The molecule has 39 heavy (non-hydrogen) atoms. The molecule has 1 aromatic carbocycles. The summed E-state index contributed by atoms with van der Waals surface area (Å²) in [7, 11) is 0. The molecule has 3 saturated carbocycles. The second-order valence-electron chi connectivity index (χ2n) is 13.0. The van der Waals surface area contributed by atoms with E-state index in [-0.39, 0.29) is 23.2 Å². The molecule has 0 radical (unpaired) electrons. The van der Waals surface area contributed by atoms with Crippen molar-refractivity contribution in [3.63, 3.8) is 0 Å². The van der Waals surface area contributed by atoms with Crippen LogP contribution in [0, 0.1) is 47.1 Å². The first kappa shape index (κ1) is 30.3. The second-order valence-corrected chi connectivity index (χ2v) is 13.0. The van der Waals surface area contributed by atoms with Crippen LogP contribution < -0.4 is 4.74 Å². The fraction of sp³-hybridized carbons (Fsp3) is 0.743. The third kappa shape index (κ3) is 8.64. The summed E-state index contributed by atoms with van der Waals surface area (Å²) in [6, 6.07) is 2.33. The van der Waals surface area contributed by atoms with Crippen LogP contribution in [0.2, 0.25) is 0 Å². The number of allylic oxidation sites excluding steroid dienone is 2. The lowest BCUT2D eigenvalue weighted by molar-refractivity contribution is -0.140. The van der Waals surface area contributed by atoms with Crippen molar-refractivity contribution in [2.45, 2.75) is 129 Å². The van der Waals surface area contributed by atoms with E-state index in [0.717, 1.165) is 67.4 Å². The molecule has 2 nitrogen and oxygen atoms in total. The number of hydrogen-bond donors (Lipinski definition) is 0. The van der Waals surface area contributed by atoms with Gasteiger partial charge in [0.05, 0.1) is 5.92 Å². The van der Waals surface area contributed by atoms with Gasteiger partial charge >= 0.3 is 5.97 Å². The van der Waals surface area contributed by atoms with Crippen molar-refractivity contribution in [3.05, 3.63) is 41.5 Å². The summed E-state index contributed by atoms with van der Waals surface area (Å²) in [6.07, 6.45) is 25.4. The number of benzene rings is 1. The third-order valence-corrected chi connectivity index (χ3v) is 10.4. The Balaban J connectivity index is 1.18. The van der Waals surface area contributed by atoms with E-state index in [2.05, 4.69) is 6.92 Å². The van der Waals surface area contributed by atoms with Gasteiger partial charge in [-0.3, -0.25) is 4.79 Å². The van der Waals surface area contributed by atoms with Gasteiger partial charge in [0.1, 0.15) is 17.4 Å². The Labute approximate surface area is 236 Å². The van der Waals surface area contributed by atoms with Crippen LogP contribution in [-0.2, 0) is 11.2 Å². The minimum Gasteiger partial charge on any atom is -0.426 e. The summed E-state index contributed by atoms with van der Waals surface area (Å²) >= 11 is 0. The van der Waals surface area contributed by atoms with Gasteiger partial charge < -0.3 is 4.74 Å². The molecule has 0 N–H and O–H groups in total. The van der Waals surface area contributed by atoms with E-state index in [1.165, 1.54) is 77.0 Å². The van der Waals surface area contributed by atoms with Crippen LogP contribution in [0.3, 0.4) is 0 Å². The molecular weight excluding hydrogens is 490 g/mol. The number of unbranched alkanes of at least 4 members (excludes halogenated alkanes) is 4. The van der Waals surface area contributed by atoms with Crippen LogP contribution in [0.5, 0.6) is 5.75 Å². The molecule has 0 saturated heterocycles. The monoisotopic (exact) mass is 542 g/mol. The molecule has 0 heterocycles. The predicted molar refractivity (Wildman–Crippen MR) is 156 cm³/mol. The zero-order valence-electron chi connectivity index (χ0n) is 24.6. The van der Waals surface area contributed by atoms with Crippen LogP contribution in [0.15, 0.2) is 24.3 Å². The number of rotatable bonds is 12. The van der Waals surface area contributed by atoms with Gasteiger partial charge in [-0.15, -0.1) is 0 Å². The summed E-state index contributed by atoms with van der Waals surface area (Å²) < 4.78 is 34.4. The van der Waals surface area contributed by atoms with E-state index in [1.54, 1.807) is 0 Å². The highest BCUT2D eigenvalue weighted by atomic mass is 19.1. The van der Waals surface area contributed by atoms with Crippen LogP contribution in [0.4, 0.5) is 8.78 Å². The number of hydrogen-bond acceptors (Lipinski definition) is 2. The summed E-state index contributed by atoms with van der Waals surface area (Å²) in [5.74, 6) is 2.61. The van der Waals surface area contributed by atoms with E-state index >= 15 is 0 Å². The third-order valence-electron chi connectivity index (χ3n) is 10.4. The molecule has 4 heteroatoms. The fourth-order valence-electron chi connectivity index (χ4n) is 8.05. The largest absolute Gasteiger partial charge is 0.426 e. The zero-order valence-corrected chi connectivity index (χ0v) is 24.6. The maximum absolute atomic E-state index is 14.5. The Morgan fingerprint density at radius 2 is 1.46 bits per heavy atom. The molecule has 0 aliphatic heterocycles. The van der Waals surface area contributed by atoms with E-state index in [0.29, 0.717) is 12.8 Å². The van der Waals surface area contributed by atoms with Crippen molar-refractivity contribution in [2.24, 2.45) is 35.5 Å². The summed E-state index contributed by atoms with van der Waals surface area (Å²) in [4.78, 5) is 12.8. The van der Waals surface area contributed by atoms with Crippen molar-refractivity contribution < 1.29 is 18.3 Å². The Morgan fingerprint density at radius 1 is 0.846 bits per heavy atom. The van der Waals surface area contributed by atoms with E-state index in [1.807, 2.05) is 19.1 Å². The normalized spacial score (nSPS) is 29.3. The maximum atomic E-state index is 14.5. The number of esters is 1. The van der Waals surface area contributed by atoms with Crippen molar-refractivity contribution in [3.8, 4) is 5.75 Å². The topological polar surface area (TPSA) is 26.3 Å².